The Morgan fingerprint density at radius 3 is 2.43 bits per heavy atom. The molecule has 0 aromatic heterocycles. The third-order valence-corrected chi connectivity index (χ3v) is 3.53. The molecule has 0 aliphatic rings. The van der Waals surface area contributed by atoms with Crippen LogP contribution in [0.4, 0.5) is 0 Å². The van der Waals surface area contributed by atoms with Crippen LogP contribution in [0.2, 0.25) is 15.1 Å². The van der Waals surface area contributed by atoms with Crippen molar-refractivity contribution in [3.05, 3.63) is 63.1 Å². The van der Waals surface area contributed by atoms with Gasteiger partial charge in [0.15, 0.2) is 0 Å². The van der Waals surface area contributed by atoms with Crippen molar-refractivity contribution in [1.29, 1.82) is 0 Å². The number of benzene rings is 2. The van der Waals surface area contributed by atoms with E-state index in [4.69, 9.17) is 44.4 Å². The molecule has 2 rings (SSSR count). The fourth-order valence-electron chi connectivity index (χ4n) is 1.59. The Morgan fingerprint density at radius 1 is 1.04 bits per heavy atom. The summed E-state index contributed by atoms with van der Waals surface area (Å²) in [6.07, 6.45) is 1.30. The zero-order chi connectivity index (χ0) is 16.7. The first-order valence-electron chi connectivity index (χ1n) is 6.58. The highest BCUT2D eigenvalue weighted by molar-refractivity contribution is 6.35. The number of hydrogen-bond acceptors (Lipinski definition) is 4. The second-order valence-corrected chi connectivity index (χ2v) is 5.71. The van der Waals surface area contributed by atoms with Crippen LogP contribution in [0.25, 0.3) is 0 Å². The van der Waals surface area contributed by atoms with E-state index in [9.17, 15) is 4.79 Å². The van der Waals surface area contributed by atoms with Gasteiger partial charge in [-0.1, -0.05) is 46.0 Å². The van der Waals surface area contributed by atoms with Gasteiger partial charge in [0.2, 0.25) is 0 Å². The predicted octanol–water partition coefficient (Wildman–Crippen LogP) is 5.14. The number of nitrogens with zero attached hydrogens (tertiary/aromatic N) is 1. The summed E-state index contributed by atoms with van der Waals surface area (Å²) in [6, 6.07) is 11.6. The van der Waals surface area contributed by atoms with Gasteiger partial charge in [0.05, 0.1) is 12.6 Å². The van der Waals surface area contributed by atoms with E-state index in [1.807, 2.05) is 0 Å². The Hall–Kier alpha value is -1.75. The number of carbonyl (C=O) groups excluding carboxylic acids is 1. The monoisotopic (exact) mass is 371 g/mol. The molecule has 0 heterocycles. The highest BCUT2D eigenvalue weighted by Gasteiger charge is 2.04. The van der Waals surface area contributed by atoms with Gasteiger partial charge < -0.3 is 9.57 Å². The lowest BCUT2D eigenvalue weighted by atomic mass is 10.2. The fraction of sp³-hybridized carbons (Fsp3) is 0.125. The average molecular weight is 373 g/mol. The first-order valence-corrected chi connectivity index (χ1v) is 7.72. The zero-order valence-corrected chi connectivity index (χ0v) is 14.1. The minimum Gasteiger partial charge on any atom is -0.426 e. The van der Waals surface area contributed by atoms with Crippen molar-refractivity contribution >= 4 is 47.0 Å². The molecule has 0 amide bonds. The lowest BCUT2D eigenvalue weighted by Crippen LogP contribution is -2.08. The Balaban J connectivity index is 1.73. The summed E-state index contributed by atoms with van der Waals surface area (Å²) in [5.41, 5.74) is 0.747. The molecule has 4 nitrogen and oxygen atoms in total. The molecular formula is C16H12Cl3NO3. The third-order valence-electron chi connectivity index (χ3n) is 2.69. The van der Waals surface area contributed by atoms with E-state index in [0.717, 1.165) is 5.56 Å². The number of halogens is 3. The molecule has 0 spiro atoms. The first kappa shape index (κ1) is 17.6. The van der Waals surface area contributed by atoms with Crippen molar-refractivity contribution in [1.82, 2.24) is 0 Å². The van der Waals surface area contributed by atoms with Gasteiger partial charge in [-0.05, 0) is 36.4 Å². The van der Waals surface area contributed by atoms with E-state index in [1.165, 1.54) is 6.21 Å². The Kier molecular flexibility index (Phi) is 6.71. The normalized spacial score (nSPS) is 10.7. The van der Waals surface area contributed by atoms with Crippen LogP contribution in [0.5, 0.6) is 5.75 Å². The molecule has 0 atom stereocenters. The molecule has 2 aromatic carbocycles. The first-order chi connectivity index (χ1) is 11.0. The number of carbonyl (C=O) groups is 1. The molecule has 0 N–H and O–H groups in total. The van der Waals surface area contributed by atoms with Gasteiger partial charge in [-0.3, -0.25) is 4.79 Å². The number of rotatable bonds is 6. The maximum atomic E-state index is 11.6. The smallest absolute Gasteiger partial charge is 0.316 e. The SMILES string of the molecule is O=C(C/C=N\OCc1ccc(Cl)cc1Cl)Oc1ccc(Cl)cc1. The Bertz CT molecular complexity index is 702. The van der Waals surface area contributed by atoms with Gasteiger partial charge in [0.25, 0.3) is 0 Å². The molecule has 0 saturated carbocycles. The highest BCUT2D eigenvalue weighted by Crippen LogP contribution is 2.21. The van der Waals surface area contributed by atoms with E-state index in [0.29, 0.717) is 20.8 Å². The summed E-state index contributed by atoms with van der Waals surface area (Å²) in [7, 11) is 0. The molecule has 2 aromatic rings. The maximum Gasteiger partial charge on any atom is 0.316 e. The molecule has 7 heteroatoms. The fourth-order valence-corrected chi connectivity index (χ4v) is 2.17. The van der Waals surface area contributed by atoms with Crippen molar-refractivity contribution in [2.24, 2.45) is 5.16 Å². The summed E-state index contributed by atoms with van der Waals surface area (Å²) in [5, 5.41) is 5.30. The van der Waals surface area contributed by atoms with Gasteiger partial charge in [-0.15, -0.1) is 0 Å². The molecule has 120 valence electrons. The van der Waals surface area contributed by atoms with Gasteiger partial charge in [-0.2, -0.15) is 0 Å². The van der Waals surface area contributed by atoms with E-state index < -0.39 is 5.97 Å². The van der Waals surface area contributed by atoms with E-state index >= 15 is 0 Å². The van der Waals surface area contributed by atoms with E-state index in [2.05, 4.69) is 5.16 Å². The maximum absolute atomic E-state index is 11.6. The predicted molar refractivity (Wildman–Crippen MR) is 91.4 cm³/mol. The number of ether oxygens (including phenoxy) is 1. The van der Waals surface area contributed by atoms with Crippen LogP contribution in [0.15, 0.2) is 47.6 Å². The van der Waals surface area contributed by atoms with E-state index in [-0.39, 0.29) is 13.0 Å². The third kappa shape index (κ3) is 6.10. The summed E-state index contributed by atoms with van der Waals surface area (Å²) in [4.78, 5) is 16.7. The topological polar surface area (TPSA) is 47.9 Å². The molecule has 23 heavy (non-hydrogen) atoms. The van der Waals surface area contributed by atoms with E-state index in [1.54, 1.807) is 42.5 Å². The highest BCUT2D eigenvalue weighted by atomic mass is 35.5. The zero-order valence-electron chi connectivity index (χ0n) is 11.8. The van der Waals surface area contributed by atoms with Gasteiger partial charge >= 0.3 is 5.97 Å². The van der Waals surface area contributed by atoms with Crippen molar-refractivity contribution < 1.29 is 14.4 Å². The molecule has 0 aliphatic heterocycles. The number of oxime groups is 1. The average Bonchev–Trinajstić information content (AvgIpc) is 2.51. The molecule has 0 radical (unpaired) electrons. The van der Waals surface area contributed by atoms with Crippen molar-refractivity contribution in [2.75, 3.05) is 0 Å². The van der Waals surface area contributed by atoms with Crippen LogP contribution in [-0.4, -0.2) is 12.2 Å². The Morgan fingerprint density at radius 2 is 1.74 bits per heavy atom. The molecule has 0 bridgehead atoms. The van der Waals surface area contributed by atoms with Crippen LogP contribution in [0.1, 0.15) is 12.0 Å². The van der Waals surface area contributed by atoms with Gasteiger partial charge in [0, 0.05) is 20.6 Å². The summed E-state index contributed by atoms with van der Waals surface area (Å²) >= 11 is 17.5. The van der Waals surface area contributed by atoms with Crippen LogP contribution in [0.3, 0.4) is 0 Å². The van der Waals surface area contributed by atoms with Crippen molar-refractivity contribution in [3.8, 4) is 5.75 Å². The standard InChI is InChI=1S/C16H12Cl3NO3/c17-12-3-5-14(6-4-12)23-16(21)7-8-20-22-10-11-1-2-13(18)9-15(11)19/h1-6,8-9H,7,10H2/b20-8-. The lowest BCUT2D eigenvalue weighted by molar-refractivity contribution is -0.132. The molecule has 0 unspecified atom stereocenters. The minimum absolute atomic E-state index is 0.0169. The Labute approximate surface area is 148 Å². The summed E-state index contributed by atoms with van der Waals surface area (Å²) in [6.45, 7) is 0.179. The lowest BCUT2D eigenvalue weighted by Gasteiger charge is -2.03. The second kappa shape index (κ2) is 8.77. The van der Waals surface area contributed by atoms with Crippen LogP contribution >= 0.6 is 34.8 Å². The van der Waals surface area contributed by atoms with Gasteiger partial charge in [-0.25, -0.2) is 0 Å². The van der Waals surface area contributed by atoms with Crippen LogP contribution in [0, 0.1) is 0 Å². The minimum atomic E-state index is -0.454. The van der Waals surface area contributed by atoms with Crippen LogP contribution < -0.4 is 4.74 Å². The molecule has 0 fully saturated rings. The summed E-state index contributed by atoms with van der Waals surface area (Å²) < 4.78 is 5.09. The van der Waals surface area contributed by atoms with Crippen molar-refractivity contribution in [2.45, 2.75) is 13.0 Å². The molecular weight excluding hydrogens is 361 g/mol. The van der Waals surface area contributed by atoms with Gasteiger partial charge in [0.1, 0.15) is 12.4 Å². The van der Waals surface area contributed by atoms with Crippen molar-refractivity contribution in [3.63, 3.8) is 0 Å². The quantitative estimate of drug-likeness (QED) is 0.305. The number of esters is 1. The van der Waals surface area contributed by atoms with Crippen LogP contribution in [-0.2, 0) is 16.2 Å². The second-order valence-electron chi connectivity index (χ2n) is 4.43. The summed E-state index contributed by atoms with van der Waals surface area (Å²) in [5.74, 6) is -0.0362. The largest absolute Gasteiger partial charge is 0.426 e. The number of hydrogen-bond donors (Lipinski definition) is 0. The molecule has 0 aliphatic carbocycles. The molecule has 0 saturated heterocycles.